The number of rotatable bonds is 7. The zero-order valence-corrected chi connectivity index (χ0v) is 11.1. The number of amides is 3. The number of methoxy groups -OCH3 is 1. The van der Waals surface area contributed by atoms with Gasteiger partial charge in [0.1, 0.15) is 0 Å². The average Bonchev–Trinajstić information content (AvgIpc) is 2.35. The Morgan fingerprint density at radius 1 is 1.17 bits per heavy atom. The van der Waals surface area contributed by atoms with Crippen LogP contribution in [0.1, 0.15) is 19.3 Å². The zero-order chi connectivity index (χ0) is 14.0. The molecule has 3 amide bonds. The standard InChI is InChI=1S/C11H21N3O4/c1-12-11(17)13-9(15)6-8-14(2)7-4-5-10(16)18-3/h4-8H2,1-3H3,(H2,12,13,15,17). The Morgan fingerprint density at radius 2 is 1.83 bits per heavy atom. The molecular weight excluding hydrogens is 238 g/mol. The van der Waals surface area contributed by atoms with Gasteiger partial charge in [-0.15, -0.1) is 0 Å². The first-order valence-corrected chi connectivity index (χ1v) is 5.76. The lowest BCUT2D eigenvalue weighted by Crippen LogP contribution is -2.38. The molecule has 0 rings (SSSR count). The molecule has 0 unspecified atom stereocenters. The largest absolute Gasteiger partial charge is 0.469 e. The van der Waals surface area contributed by atoms with Crippen molar-refractivity contribution in [3.05, 3.63) is 0 Å². The Morgan fingerprint density at radius 3 is 2.39 bits per heavy atom. The molecule has 0 aromatic carbocycles. The highest BCUT2D eigenvalue weighted by molar-refractivity contribution is 5.94. The Hall–Kier alpha value is -1.63. The van der Waals surface area contributed by atoms with E-state index < -0.39 is 6.03 Å². The number of hydrogen-bond acceptors (Lipinski definition) is 5. The number of esters is 1. The van der Waals surface area contributed by atoms with Crippen LogP contribution in [0.25, 0.3) is 0 Å². The van der Waals surface area contributed by atoms with E-state index in [4.69, 9.17) is 0 Å². The molecule has 104 valence electrons. The van der Waals surface area contributed by atoms with Crippen LogP contribution in [0.4, 0.5) is 4.79 Å². The number of nitrogens with zero attached hydrogens (tertiary/aromatic N) is 1. The van der Waals surface area contributed by atoms with Crippen molar-refractivity contribution in [2.24, 2.45) is 0 Å². The molecule has 0 bridgehead atoms. The van der Waals surface area contributed by atoms with Gasteiger partial charge < -0.3 is 15.0 Å². The topological polar surface area (TPSA) is 87.7 Å². The quantitative estimate of drug-likeness (QED) is 0.614. The Kier molecular flexibility index (Phi) is 8.55. The first-order chi connectivity index (χ1) is 8.49. The molecule has 0 aliphatic heterocycles. The second-order valence-corrected chi connectivity index (χ2v) is 3.86. The third-order valence-electron chi connectivity index (χ3n) is 2.35. The second-order valence-electron chi connectivity index (χ2n) is 3.86. The minimum absolute atomic E-state index is 0.235. The van der Waals surface area contributed by atoms with E-state index in [1.807, 2.05) is 11.9 Å². The van der Waals surface area contributed by atoms with Crippen LogP contribution >= 0.6 is 0 Å². The number of nitrogens with one attached hydrogen (secondary N) is 2. The number of ether oxygens (including phenoxy) is 1. The van der Waals surface area contributed by atoms with Gasteiger partial charge in [-0.25, -0.2) is 4.79 Å². The minimum atomic E-state index is -0.506. The molecule has 0 aliphatic rings. The summed E-state index contributed by atoms with van der Waals surface area (Å²) in [4.78, 5) is 34.9. The predicted octanol–water partition coefficient (Wildman–Crippen LogP) is -0.283. The highest BCUT2D eigenvalue weighted by Gasteiger charge is 2.08. The highest BCUT2D eigenvalue weighted by atomic mass is 16.5. The molecule has 7 nitrogen and oxygen atoms in total. The Balaban J connectivity index is 3.63. The molecule has 7 heteroatoms. The summed E-state index contributed by atoms with van der Waals surface area (Å²) < 4.78 is 4.52. The molecule has 0 fully saturated rings. The molecular formula is C11H21N3O4. The van der Waals surface area contributed by atoms with E-state index in [0.717, 1.165) is 0 Å². The van der Waals surface area contributed by atoms with Gasteiger partial charge in [-0.05, 0) is 20.0 Å². The predicted molar refractivity (Wildman–Crippen MR) is 66.0 cm³/mol. The lowest BCUT2D eigenvalue weighted by atomic mass is 10.3. The fraction of sp³-hybridized carbons (Fsp3) is 0.727. The van der Waals surface area contributed by atoms with Crippen molar-refractivity contribution < 1.29 is 19.1 Å². The molecule has 0 saturated heterocycles. The van der Waals surface area contributed by atoms with Crippen LogP contribution in [0.15, 0.2) is 0 Å². The summed E-state index contributed by atoms with van der Waals surface area (Å²) in [6.45, 7) is 1.23. The van der Waals surface area contributed by atoms with Crippen LogP contribution < -0.4 is 10.6 Å². The first kappa shape index (κ1) is 16.4. The summed E-state index contributed by atoms with van der Waals surface area (Å²) in [6.07, 6.45) is 1.29. The molecule has 0 radical (unpaired) electrons. The van der Waals surface area contributed by atoms with E-state index in [0.29, 0.717) is 25.9 Å². The van der Waals surface area contributed by atoms with Crippen LogP contribution in [0.5, 0.6) is 0 Å². The summed E-state index contributed by atoms with van der Waals surface area (Å²) in [5, 5.41) is 4.48. The van der Waals surface area contributed by atoms with Gasteiger partial charge in [0.2, 0.25) is 5.91 Å². The summed E-state index contributed by atoms with van der Waals surface area (Å²) in [7, 11) is 4.65. The lowest BCUT2D eigenvalue weighted by Gasteiger charge is -2.15. The molecule has 0 aromatic rings. The minimum Gasteiger partial charge on any atom is -0.469 e. The molecule has 18 heavy (non-hydrogen) atoms. The summed E-state index contributed by atoms with van der Waals surface area (Å²) >= 11 is 0. The van der Waals surface area contributed by atoms with Crippen LogP contribution in [-0.2, 0) is 14.3 Å². The molecule has 0 heterocycles. The molecule has 0 aliphatic carbocycles. The van der Waals surface area contributed by atoms with E-state index in [1.54, 1.807) is 0 Å². The van der Waals surface area contributed by atoms with Gasteiger partial charge in [-0.2, -0.15) is 0 Å². The van der Waals surface area contributed by atoms with Crippen LogP contribution in [-0.4, -0.2) is 57.1 Å². The lowest BCUT2D eigenvalue weighted by molar-refractivity contribution is -0.140. The van der Waals surface area contributed by atoms with Crippen molar-refractivity contribution in [1.82, 2.24) is 15.5 Å². The van der Waals surface area contributed by atoms with Gasteiger partial charge in [0.05, 0.1) is 7.11 Å². The fourth-order valence-corrected chi connectivity index (χ4v) is 1.25. The number of hydrogen-bond donors (Lipinski definition) is 2. The summed E-state index contributed by atoms with van der Waals surface area (Å²) in [5.41, 5.74) is 0. The number of imide groups is 1. The number of carbonyl (C=O) groups excluding carboxylic acids is 3. The second kappa shape index (κ2) is 9.41. The number of urea groups is 1. The van der Waals surface area contributed by atoms with Crippen molar-refractivity contribution in [2.45, 2.75) is 19.3 Å². The van der Waals surface area contributed by atoms with E-state index in [1.165, 1.54) is 14.2 Å². The maximum atomic E-state index is 11.3. The van der Waals surface area contributed by atoms with Gasteiger partial charge in [0, 0.05) is 26.4 Å². The van der Waals surface area contributed by atoms with E-state index in [2.05, 4.69) is 15.4 Å². The van der Waals surface area contributed by atoms with Gasteiger partial charge >= 0.3 is 12.0 Å². The van der Waals surface area contributed by atoms with E-state index in [-0.39, 0.29) is 18.3 Å². The smallest absolute Gasteiger partial charge is 0.321 e. The van der Waals surface area contributed by atoms with Crippen molar-refractivity contribution in [2.75, 3.05) is 34.3 Å². The summed E-state index contributed by atoms with van der Waals surface area (Å²) in [5.74, 6) is -0.560. The van der Waals surface area contributed by atoms with Gasteiger partial charge in [0.25, 0.3) is 0 Å². The van der Waals surface area contributed by atoms with Gasteiger partial charge in [0.15, 0.2) is 0 Å². The third-order valence-corrected chi connectivity index (χ3v) is 2.35. The normalized spacial score (nSPS) is 10.0. The first-order valence-electron chi connectivity index (χ1n) is 5.76. The maximum absolute atomic E-state index is 11.3. The Labute approximate surface area is 107 Å². The van der Waals surface area contributed by atoms with Crippen LogP contribution in [0.2, 0.25) is 0 Å². The van der Waals surface area contributed by atoms with Crippen LogP contribution in [0, 0.1) is 0 Å². The zero-order valence-electron chi connectivity index (χ0n) is 11.1. The molecule has 0 atom stereocenters. The van der Waals surface area contributed by atoms with Crippen molar-refractivity contribution >= 4 is 17.9 Å². The fourth-order valence-electron chi connectivity index (χ4n) is 1.25. The van der Waals surface area contributed by atoms with E-state index in [9.17, 15) is 14.4 Å². The average molecular weight is 259 g/mol. The SMILES string of the molecule is CNC(=O)NC(=O)CCN(C)CCCC(=O)OC. The Bertz CT molecular complexity index is 294. The molecule has 0 aromatic heterocycles. The van der Waals surface area contributed by atoms with Crippen molar-refractivity contribution in [3.8, 4) is 0 Å². The van der Waals surface area contributed by atoms with Crippen molar-refractivity contribution in [3.63, 3.8) is 0 Å². The maximum Gasteiger partial charge on any atom is 0.321 e. The van der Waals surface area contributed by atoms with Crippen molar-refractivity contribution in [1.29, 1.82) is 0 Å². The van der Waals surface area contributed by atoms with Gasteiger partial charge in [-0.1, -0.05) is 0 Å². The van der Waals surface area contributed by atoms with Gasteiger partial charge in [-0.3, -0.25) is 14.9 Å². The number of carbonyl (C=O) groups is 3. The van der Waals surface area contributed by atoms with Crippen LogP contribution in [0.3, 0.4) is 0 Å². The van der Waals surface area contributed by atoms with E-state index >= 15 is 0 Å². The third kappa shape index (κ3) is 8.51. The monoisotopic (exact) mass is 259 g/mol. The molecule has 0 spiro atoms. The molecule has 0 saturated carbocycles. The highest BCUT2D eigenvalue weighted by Crippen LogP contribution is 1.96. The molecule has 2 N–H and O–H groups in total. The summed E-state index contributed by atoms with van der Waals surface area (Å²) in [6, 6.07) is -0.506.